The molecule has 24 nitrogen and oxygen atoms in total. The van der Waals surface area contributed by atoms with E-state index in [2.05, 4.69) is 71.2 Å². The maximum absolute atomic E-state index is 12.7. The number of aromatic nitrogens is 4. The number of amides is 2. The number of phosphoric ester groups is 3. The average molecular weight is 1040 g/mol. The standard InChI is InChI=1S/C40H72N7O17P3S/c1-25(2)11-8-12-26(3)13-9-14-27(4)15-10-16-28(5)39(52)68-20-19-42-30(48)17-18-43-37(51)34(50)40(6,7)22-61-67(58,59)64-66(56,57)60-21-29-33(63-65(53,54)55)32(49)38(62-29)47-24-46-31-35(41)44-23-45-36(31)47/h23-29,32-34,38,49-50H,8-22H2,1-7H3,(H,42,48)(H,43,51)(H,56,57)(H,58,59)(H2,41,44,45)(H2,53,54,55)/p-4/t26?,27?,28-,29-,32-,33-,34+,38-/m1/s1. The number of hydrogen-bond acceptors (Lipinski definition) is 22. The van der Waals surface area contributed by atoms with Gasteiger partial charge in [-0.15, -0.1) is 0 Å². The summed E-state index contributed by atoms with van der Waals surface area (Å²) in [6, 6.07) is 0. The number of thioether (sulfide) groups is 1. The van der Waals surface area contributed by atoms with Crippen LogP contribution in [0.15, 0.2) is 12.7 Å². The quantitative estimate of drug-likeness (QED) is 0.0518. The van der Waals surface area contributed by atoms with Crippen LogP contribution in [0.1, 0.15) is 119 Å². The Balaban J connectivity index is 1.34. The lowest BCUT2D eigenvalue weighted by molar-refractivity contribution is -0.347. The predicted molar refractivity (Wildman–Crippen MR) is 242 cm³/mol. The number of rotatable bonds is 32. The van der Waals surface area contributed by atoms with Crippen LogP contribution in [0.4, 0.5) is 5.82 Å². The van der Waals surface area contributed by atoms with E-state index in [1.165, 1.54) is 52.4 Å². The Hall–Kier alpha value is -2.44. The van der Waals surface area contributed by atoms with Crippen LogP contribution in [-0.2, 0) is 50.7 Å². The molecule has 2 amide bonds. The molecule has 4 unspecified atom stereocenters. The third kappa shape index (κ3) is 20.7. The number of nitrogens with zero attached hydrogens (tertiary/aromatic N) is 4. The van der Waals surface area contributed by atoms with Crippen molar-refractivity contribution in [1.29, 1.82) is 0 Å². The molecular weight excluding hydrogens is 975 g/mol. The number of phosphoric acid groups is 3. The van der Waals surface area contributed by atoms with Gasteiger partial charge in [0.05, 0.1) is 27.4 Å². The maximum Gasteiger partial charge on any atom is 0.274 e. The zero-order chi connectivity index (χ0) is 51.0. The summed E-state index contributed by atoms with van der Waals surface area (Å²) in [6.07, 6.45) is 2.85. The van der Waals surface area contributed by atoms with Crippen LogP contribution in [-0.4, -0.2) is 103 Å². The Bertz CT molecular complexity index is 2080. The number of anilines is 1. The number of carbonyl (C=O) groups excluding carboxylic acids is 3. The fourth-order valence-electron chi connectivity index (χ4n) is 7.27. The third-order valence-electron chi connectivity index (χ3n) is 11.3. The van der Waals surface area contributed by atoms with Crippen molar-refractivity contribution >= 4 is 69.1 Å². The lowest BCUT2D eigenvalue weighted by Gasteiger charge is -2.36. The summed E-state index contributed by atoms with van der Waals surface area (Å²) in [5.41, 5.74) is 4.09. The van der Waals surface area contributed by atoms with Crippen LogP contribution in [0.25, 0.3) is 11.2 Å². The lowest BCUT2D eigenvalue weighted by atomic mass is 9.87. The summed E-state index contributed by atoms with van der Waals surface area (Å²) in [6.45, 7) is 11.2. The highest BCUT2D eigenvalue weighted by Crippen LogP contribution is 2.56. The molecule has 0 radical (unpaired) electrons. The highest BCUT2D eigenvalue weighted by Gasteiger charge is 2.47. The van der Waals surface area contributed by atoms with Crippen molar-refractivity contribution in [3.05, 3.63) is 12.7 Å². The first kappa shape index (κ1) is 59.9. The smallest absolute Gasteiger partial charge is 0.274 e. The molecule has 28 heteroatoms. The average Bonchev–Trinajstić information content (AvgIpc) is 3.80. The molecule has 0 spiro atoms. The zero-order valence-electron chi connectivity index (χ0n) is 39.6. The number of nitrogens with one attached hydrogen (secondary N) is 2. The van der Waals surface area contributed by atoms with E-state index in [9.17, 15) is 57.9 Å². The summed E-state index contributed by atoms with van der Waals surface area (Å²) in [4.78, 5) is 97.5. The van der Waals surface area contributed by atoms with E-state index in [4.69, 9.17) is 10.5 Å². The minimum absolute atomic E-state index is 0.0189. The zero-order valence-corrected chi connectivity index (χ0v) is 43.1. The first-order valence-corrected chi connectivity index (χ1v) is 28.0. The van der Waals surface area contributed by atoms with Crippen LogP contribution in [0.2, 0.25) is 0 Å². The molecule has 2 aromatic rings. The monoisotopic (exact) mass is 1040 g/mol. The maximum atomic E-state index is 12.7. The van der Waals surface area contributed by atoms with E-state index in [0.29, 0.717) is 11.7 Å². The third-order valence-corrected chi connectivity index (χ3v) is 15.4. The first-order chi connectivity index (χ1) is 31.6. The molecule has 1 aliphatic heterocycles. The van der Waals surface area contributed by atoms with Crippen molar-refractivity contribution in [3.63, 3.8) is 0 Å². The van der Waals surface area contributed by atoms with Crippen molar-refractivity contribution in [1.82, 2.24) is 30.2 Å². The van der Waals surface area contributed by atoms with Crippen molar-refractivity contribution in [2.75, 3.05) is 37.8 Å². The van der Waals surface area contributed by atoms with Gasteiger partial charge in [0.25, 0.3) is 15.6 Å². The molecule has 3 rings (SSSR count). The Morgan fingerprint density at radius 2 is 1.50 bits per heavy atom. The van der Waals surface area contributed by atoms with E-state index >= 15 is 0 Å². The van der Waals surface area contributed by atoms with Crippen molar-refractivity contribution < 1.29 is 80.5 Å². The van der Waals surface area contributed by atoms with Crippen LogP contribution in [0.3, 0.4) is 0 Å². The van der Waals surface area contributed by atoms with Gasteiger partial charge in [-0.1, -0.05) is 112 Å². The molecule has 1 fully saturated rings. The summed E-state index contributed by atoms with van der Waals surface area (Å²) in [5, 5.41) is 26.6. The number of nitrogens with two attached hydrogens (primary N) is 1. The normalized spacial score (nSPS) is 21.5. The first-order valence-electron chi connectivity index (χ1n) is 22.6. The van der Waals surface area contributed by atoms with Gasteiger partial charge in [0, 0.05) is 36.6 Å². The van der Waals surface area contributed by atoms with Gasteiger partial charge in [0.2, 0.25) is 11.8 Å². The Morgan fingerprint density at radius 3 is 2.12 bits per heavy atom. The lowest BCUT2D eigenvalue weighted by Crippen LogP contribution is -2.46. The SMILES string of the molecule is CC(C)CCCC(C)CCCC(C)CCC[C@@H](C)C(=O)SCCNC(=O)CCNC(=O)[C@H](O)C(C)(C)COP(=O)([O-])OP(=O)([O-])OC[C@H]1O[C@@H](n2cnc3c(N)ncnc32)[C@H](O)[C@@H]1OP(=O)([O-])[O-]. The molecule has 1 saturated heterocycles. The highest BCUT2D eigenvalue weighted by atomic mass is 32.2. The van der Waals surface area contributed by atoms with Gasteiger partial charge >= 0.3 is 0 Å². The van der Waals surface area contributed by atoms with Gasteiger partial charge < -0.3 is 69.0 Å². The number of aliphatic hydroxyl groups is 2. The number of imidazole rings is 1. The van der Waals surface area contributed by atoms with Crippen LogP contribution >= 0.6 is 35.2 Å². The van der Waals surface area contributed by atoms with Crippen LogP contribution in [0.5, 0.6) is 0 Å². The molecule has 68 heavy (non-hydrogen) atoms. The molecule has 390 valence electrons. The second-order valence-corrected chi connectivity index (χ2v) is 23.6. The van der Waals surface area contributed by atoms with Crippen LogP contribution in [0, 0.1) is 29.1 Å². The van der Waals surface area contributed by atoms with Gasteiger partial charge in [-0.05, 0) is 24.2 Å². The van der Waals surface area contributed by atoms with E-state index in [1.54, 1.807) is 0 Å². The van der Waals surface area contributed by atoms with Crippen molar-refractivity contribution in [2.45, 2.75) is 143 Å². The van der Waals surface area contributed by atoms with Gasteiger partial charge in [0.1, 0.15) is 36.3 Å². The Kier molecular flexibility index (Phi) is 24.1. The number of ether oxygens (including phenoxy) is 1. The van der Waals surface area contributed by atoms with Gasteiger partial charge in [0.15, 0.2) is 22.8 Å². The molecule has 0 aromatic carbocycles. The Morgan fingerprint density at radius 1 is 0.897 bits per heavy atom. The topological polar surface area (TPSA) is 375 Å². The van der Waals surface area contributed by atoms with Crippen molar-refractivity contribution in [2.24, 2.45) is 29.1 Å². The fraction of sp³-hybridized carbons (Fsp3) is 0.800. The summed E-state index contributed by atoms with van der Waals surface area (Å²) in [5.74, 6) is 0.872. The van der Waals surface area contributed by atoms with E-state index in [-0.39, 0.29) is 47.5 Å². The Labute approximate surface area is 401 Å². The van der Waals surface area contributed by atoms with Crippen molar-refractivity contribution in [3.8, 4) is 0 Å². The number of hydrogen-bond donors (Lipinski definition) is 5. The molecule has 2 aromatic heterocycles. The summed E-state index contributed by atoms with van der Waals surface area (Å²) < 4.78 is 60.9. The minimum Gasteiger partial charge on any atom is -0.790 e. The molecule has 10 atom stereocenters. The summed E-state index contributed by atoms with van der Waals surface area (Å²) >= 11 is 1.15. The molecule has 0 aliphatic carbocycles. The van der Waals surface area contributed by atoms with Gasteiger partial charge in [-0.25, -0.2) is 19.3 Å². The van der Waals surface area contributed by atoms with Crippen LogP contribution < -0.4 is 35.9 Å². The molecule has 1 aliphatic rings. The second kappa shape index (κ2) is 27.4. The summed E-state index contributed by atoms with van der Waals surface area (Å²) in [7, 11) is -17.6. The molecule has 0 bridgehead atoms. The second-order valence-electron chi connectivity index (χ2n) is 18.4. The number of nitrogen functional groups attached to an aromatic ring is 1. The molecular formula is C40H68N7O17P3S-4. The predicted octanol–water partition coefficient (Wildman–Crippen LogP) is 2.21. The fourth-order valence-corrected chi connectivity index (χ4v) is 10.8. The van der Waals surface area contributed by atoms with Gasteiger partial charge in [-0.2, -0.15) is 0 Å². The largest absolute Gasteiger partial charge is 0.790 e. The highest BCUT2D eigenvalue weighted by molar-refractivity contribution is 8.13. The van der Waals surface area contributed by atoms with E-state index in [0.717, 1.165) is 60.1 Å². The molecule has 3 heterocycles. The number of carbonyl (C=O) groups is 3. The van der Waals surface area contributed by atoms with E-state index in [1.807, 2.05) is 6.92 Å². The van der Waals surface area contributed by atoms with E-state index < -0.39 is 84.6 Å². The number of fused-ring (bicyclic) bond motifs is 1. The molecule has 0 saturated carbocycles. The van der Waals surface area contributed by atoms with Gasteiger partial charge in [-0.3, -0.25) is 28.1 Å². The molecule has 6 N–H and O–H groups in total. The minimum atomic E-state index is -5.92. The number of aliphatic hydroxyl groups excluding tert-OH is 2.